The maximum Gasteiger partial charge on any atom is 0.407 e. The second-order valence-corrected chi connectivity index (χ2v) is 2.77. The third-order valence-corrected chi connectivity index (χ3v) is 1.62. The summed E-state index contributed by atoms with van der Waals surface area (Å²) in [6, 6.07) is 0. The fourth-order valence-corrected chi connectivity index (χ4v) is 0.958. The highest BCUT2D eigenvalue weighted by Gasteiger charge is 1.97. The van der Waals surface area contributed by atoms with Gasteiger partial charge in [0.15, 0.2) is 0 Å². The van der Waals surface area contributed by atoms with Crippen LogP contribution in [0.4, 0.5) is 4.79 Å². The van der Waals surface area contributed by atoms with E-state index in [1.54, 1.807) is 6.92 Å². The fourth-order valence-electron chi connectivity index (χ4n) is 0.769. The first-order chi connectivity index (χ1) is 5.81. The molecule has 0 bridgehead atoms. The zero-order chi connectivity index (χ0) is 9.23. The lowest BCUT2D eigenvalue weighted by Crippen LogP contribution is -2.25. The largest absolute Gasteiger partial charge is 0.450 e. The van der Waals surface area contributed by atoms with E-state index in [1.165, 1.54) is 0 Å². The molecular formula is C8H16ClNO2. The molecule has 4 heteroatoms. The Morgan fingerprint density at radius 2 is 2.17 bits per heavy atom. The maximum absolute atomic E-state index is 10.7. The molecular weight excluding hydrogens is 178 g/mol. The predicted molar refractivity (Wildman–Crippen MR) is 49.6 cm³/mol. The first kappa shape index (κ1) is 11.6. The Bertz CT molecular complexity index is 120. The molecule has 0 spiro atoms. The van der Waals surface area contributed by atoms with Gasteiger partial charge in [-0.15, -0.1) is 11.6 Å². The molecule has 0 saturated carbocycles. The molecule has 0 heterocycles. The van der Waals surface area contributed by atoms with Crippen LogP contribution < -0.4 is 5.32 Å². The Morgan fingerprint density at radius 3 is 2.75 bits per heavy atom. The monoisotopic (exact) mass is 193 g/mol. The number of alkyl carbamates (subject to hydrolysis) is 1. The van der Waals surface area contributed by atoms with Crippen molar-refractivity contribution in [3.63, 3.8) is 0 Å². The second-order valence-electron chi connectivity index (χ2n) is 2.40. The van der Waals surface area contributed by atoms with Gasteiger partial charge in [0.2, 0.25) is 0 Å². The van der Waals surface area contributed by atoms with Gasteiger partial charge in [0, 0.05) is 12.4 Å². The van der Waals surface area contributed by atoms with Crippen LogP contribution in [-0.4, -0.2) is 25.1 Å². The fraction of sp³-hybridized carbons (Fsp3) is 0.875. The summed E-state index contributed by atoms with van der Waals surface area (Å²) in [6.45, 7) is 2.89. The van der Waals surface area contributed by atoms with Gasteiger partial charge in [0.05, 0.1) is 6.61 Å². The summed E-state index contributed by atoms with van der Waals surface area (Å²) >= 11 is 5.48. The van der Waals surface area contributed by atoms with Crippen LogP contribution in [0.2, 0.25) is 0 Å². The topological polar surface area (TPSA) is 38.3 Å². The summed E-state index contributed by atoms with van der Waals surface area (Å²) in [5.41, 5.74) is 0. The van der Waals surface area contributed by atoms with Gasteiger partial charge in [-0.1, -0.05) is 6.42 Å². The molecule has 0 rings (SSSR count). The van der Waals surface area contributed by atoms with E-state index in [-0.39, 0.29) is 6.09 Å². The standard InChI is InChI=1S/C8H16ClNO2/c1-2-12-8(11)10-7-5-3-4-6-9/h2-7H2,1H3,(H,10,11). The highest BCUT2D eigenvalue weighted by atomic mass is 35.5. The van der Waals surface area contributed by atoms with Crippen LogP contribution in [0, 0.1) is 0 Å². The minimum Gasteiger partial charge on any atom is -0.450 e. The Morgan fingerprint density at radius 1 is 1.42 bits per heavy atom. The summed E-state index contributed by atoms with van der Waals surface area (Å²) in [7, 11) is 0. The lowest BCUT2D eigenvalue weighted by molar-refractivity contribution is 0.152. The molecule has 1 N–H and O–H groups in total. The van der Waals surface area contributed by atoms with Gasteiger partial charge >= 0.3 is 6.09 Å². The van der Waals surface area contributed by atoms with Gasteiger partial charge in [-0.05, 0) is 19.8 Å². The summed E-state index contributed by atoms with van der Waals surface area (Å²) in [4.78, 5) is 10.7. The van der Waals surface area contributed by atoms with Crippen molar-refractivity contribution in [1.82, 2.24) is 5.32 Å². The minimum atomic E-state index is -0.330. The smallest absolute Gasteiger partial charge is 0.407 e. The SMILES string of the molecule is CCOC(=O)NCCCCCCl. The van der Waals surface area contributed by atoms with Crippen molar-refractivity contribution in [2.75, 3.05) is 19.0 Å². The summed E-state index contributed by atoms with van der Waals surface area (Å²) in [5.74, 6) is 0.694. The molecule has 0 aliphatic rings. The van der Waals surface area contributed by atoms with Gasteiger partial charge in [-0.3, -0.25) is 0 Å². The van der Waals surface area contributed by atoms with Crippen molar-refractivity contribution in [1.29, 1.82) is 0 Å². The molecule has 0 atom stereocenters. The quantitative estimate of drug-likeness (QED) is 0.519. The van der Waals surface area contributed by atoms with Crippen LogP contribution in [-0.2, 0) is 4.74 Å². The van der Waals surface area contributed by atoms with Gasteiger partial charge in [0.1, 0.15) is 0 Å². The van der Waals surface area contributed by atoms with E-state index < -0.39 is 0 Å². The van der Waals surface area contributed by atoms with Crippen LogP contribution in [0.15, 0.2) is 0 Å². The van der Waals surface area contributed by atoms with Crippen molar-refractivity contribution in [2.24, 2.45) is 0 Å². The highest BCUT2D eigenvalue weighted by molar-refractivity contribution is 6.17. The zero-order valence-electron chi connectivity index (χ0n) is 7.44. The van der Waals surface area contributed by atoms with Gasteiger partial charge < -0.3 is 10.1 Å². The van der Waals surface area contributed by atoms with Crippen LogP contribution in [0.1, 0.15) is 26.2 Å². The average Bonchev–Trinajstić information content (AvgIpc) is 2.05. The molecule has 0 radical (unpaired) electrons. The third kappa shape index (κ3) is 7.66. The number of amides is 1. The van der Waals surface area contributed by atoms with Crippen LogP contribution in [0.5, 0.6) is 0 Å². The molecule has 3 nitrogen and oxygen atoms in total. The van der Waals surface area contributed by atoms with Crippen molar-refractivity contribution in [2.45, 2.75) is 26.2 Å². The molecule has 0 saturated heterocycles. The Kier molecular flexibility index (Phi) is 8.34. The summed E-state index contributed by atoms with van der Waals surface area (Å²) in [6.07, 6.45) is 2.69. The van der Waals surface area contributed by atoms with Crippen LogP contribution >= 0.6 is 11.6 Å². The van der Waals surface area contributed by atoms with Gasteiger partial charge in [-0.2, -0.15) is 0 Å². The maximum atomic E-state index is 10.7. The number of rotatable bonds is 6. The first-order valence-corrected chi connectivity index (χ1v) is 4.81. The number of carbonyl (C=O) groups excluding carboxylic acids is 1. The summed E-state index contributed by atoms with van der Waals surface area (Å²) in [5, 5.41) is 2.64. The van der Waals surface area contributed by atoms with Crippen molar-refractivity contribution < 1.29 is 9.53 Å². The number of hydrogen-bond donors (Lipinski definition) is 1. The summed E-state index contributed by atoms with van der Waals surface area (Å²) < 4.78 is 4.67. The lowest BCUT2D eigenvalue weighted by atomic mass is 10.2. The number of alkyl halides is 1. The average molecular weight is 194 g/mol. The van der Waals surface area contributed by atoms with Crippen LogP contribution in [0.25, 0.3) is 0 Å². The molecule has 0 unspecified atom stereocenters. The minimum absolute atomic E-state index is 0.330. The molecule has 0 aliphatic heterocycles. The van der Waals surface area contributed by atoms with E-state index in [0.717, 1.165) is 19.3 Å². The van der Waals surface area contributed by atoms with E-state index in [2.05, 4.69) is 10.1 Å². The number of hydrogen-bond acceptors (Lipinski definition) is 2. The second kappa shape index (κ2) is 8.65. The number of halogens is 1. The Labute approximate surface area is 78.4 Å². The Hall–Kier alpha value is -0.440. The van der Waals surface area contributed by atoms with Crippen LogP contribution in [0.3, 0.4) is 0 Å². The number of ether oxygens (including phenoxy) is 1. The highest BCUT2D eigenvalue weighted by Crippen LogP contribution is 1.95. The number of carbonyl (C=O) groups is 1. The van der Waals surface area contributed by atoms with E-state index in [4.69, 9.17) is 11.6 Å². The van der Waals surface area contributed by atoms with Gasteiger partial charge in [0.25, 0.3) is 0 Å². The molecule has 0 aromatic rings. The van der Waals surface area contributed by atoms with Crippen molar-refractivity contribution >= 4 is 17.7 Å². The number of nitrogens with one attached hydrogen (secondary N) is 1. The van der Waals surface area contributed by atoms with E-state index in [9.17, 15) is 4.79 Å². The first-order valence-electron chi connectivity index (χ1n) is 4.27. The lowest BCUT2D eigenvalue weighted by Gasteiger charge is -2.03. The van der Waals surface area contributed by atoms with E-state index >= 15 is 0 Å². The number of unbranched alkanes of at least 4 members (excludes halogenated alkanes) is 2. The zero-order valence-corrected chi connectivity index (χ0v) is 8.19. The molecule has 0 fully saturated rings. The van der Waals surface area contributed by atoms with Crippen molar-refractivity contribution in [3.8, 4) is 0 Å². The van der Waals surface area contributed by atoms with E-state index in [1.807, 2.05) is 0 Å². The molecule has 0 aliphatic carbocycles. The van der Waals surface area contributed by atoms with E-state index in [0.29, 0.717) is 19.0 Å². The van der Waals surface area contributed by atoms with Crippen molar-refractivity contribution in [3.05, 3.63) is 0 Å². The molecule has 0 aromatic carbocycles. The third-order valence-electron chi connectivity index (χ3n) is 1.36. The molecule has 1 amide bonds. The van der Waals surface area contributed by atoms with Gasteiger partial charge in [-0.25, -0.2) is 4.79 Å². The molecule has 12 heavy (non-hydrogen) atoms. The Balaban J connectivity index is 3.03. The predicted octanol–water partition coefficient (Wildman–Crippen LogP) is 2.14. The molecule has 72 valence electrons. The normalized spacial score (nSPS) is 9.50. The molecule has 0 aromatic heterocycles.